The van der Waals surface area contributed by atoms with Gasteiger partial charge in [-0.25, -0.2) is 0 Å². The predicted octanol–water partition coefficient (Wildman–Crippen LogP) is 3.11. The van der Waals surface area contributed by atoms with Crippen molar-refractivity contribution in [2.45, 2.75) is 25.4 Å². The number of nitrogens with one attached hydrogen (secondary N) is 1. The molecule has 0 spiro atoms. The van der Waals surface area contributed by atoms with Crippen LogP contribution in [0, 0.1) is 0 Å². The monoisotopic (exact) mass is 297 g/mol. The van der Waals surface area contributed by atoms with E-state index in [0.29, 0.717) is 5.89 Å². The van der Waals surface area contributed by atoms with Gasteiger partial charge in [0.2, 0.25) is 5.89 Å². The number of hydrogen-bond donors (Lipinski definition) is 1. The van der Waals surface area contributed by atoms with Gasteiger partial charge in [0, 0.05) is 17.8 Å². The Hall–Kier alpha value is -1.98. The summed E-state index contributed by atoms with van der Waals surface area (Å²) in [5, 5.41) is 9.64. The summed E-state index contributed by atoms with van der Waals surface area (Å²) in [5.41, 5.74) is 2.71. The fourth-order valence-electron chi connectivity index (χ4n) is 2.68. The van der Waals surface area contributed by atoms with Crippen molar-refractivity contribution in [1.82, 2.24) is 15.5 Å². The van der Waals surface area contributed by atoms with Crippen LogP contribution in [-0.2, 0) is 19.4 Å². The van der Waals surface area contributed by atoms with Crippen molar-refractivity contribution in [2.24, 2.45) is 0 Å². The molecule has 1 atom stereocenters. The van der Waals surface area contributed by atoms with Crippen molar-refractivity contribution < 1.29 is 4.52 Å². The lowest BCUT2D eigenvalue weighted by Crippen LogP contribution is -2.28. The van der Waals surface area contributed by atoms with Crippen LogP contribution in [0.25, 0.3) is 0 Å². The number of hydrogen-bond acceptors (Lipinski definition) is 5. The zero-order valence-electron chi connectivity index (χ0n) is 11.5. The second-order valence-electron chi connectivity index (χ2n) is 5.21. The molecule has 0 aliphatic carbocycles. The number of benzene rings is 1. The molecule has 4 nitrogen and oxygen atoms in total. The molecule has 106 valence electrons. The van der Waals surface area contributed by atoms with Crippen LogP contribution in [0.4, 0.5) is 0 Å². The minimum absolute atomic E-state index is 0.115. The van der Waals surface area contributed by atoms with E-state index in [-0.39, 0.29) is 6.04 Å². The Bertz CT molecular complexity index is 736. The number of rotatable bonds is 3. The second-order valence-corrected chi connectivity index (χ2v) is 6.24. The highest BCUT2D eigenvalue weighted by atomic mass is 32.1. The maximum Gasteiger partial charge on any atom is 0.244 e. The van der Waals surface area contributed by atoms with E-state index in [1.165, 1.54) is 16.0 Å². The quantitative estimate of drug-likeness (QED) is 0.807. The van der Waals surface area contributed by atoms with E-state index in [1.54, 1.807) is 11.3 Å². The normalized spacial score (nSPS) is 17.6. The van der Waals surface area contributed by atoms with Crippen molar-refractivity contribution >= 4 is 11.3 Å². The first-order valence-corrected chi connectivity index (χ1v) is 7.91. The van der Waals surface area contributed by atoms with Crippen molar-refractivity contribution in [1.29, 1.82) is 0 Å². The molecule has 0 saturated heterocycles. The van der Waals surface area contributed by atoms with E-state index >= 15 is 0 Å². The van der Waals surface area contributed by atoms with Gasteiger partial charge in [-0.3, -0.25) is 0 Å². The summed E-state index contributed by atoms with van der Waals surface area (Å²) in [7, 11) is 0. The van der Waals surface area contributed by atoms with Gasteiger partial charge in [-0.05, 0) is 29.0 Å². The van der Waals surface area contributed by atoms with Gasteiger partial charge in [0.1, 0.15) is 0 Å². The summed E-state index contributed by atoms with van der Waals surface area (Å²) >= 11 is 1.72. The molecule has 1 aromatic carbocycles. The summed E-state index contributed by atoms with van der Waals surface area (Å²) in [6.07, 6.45) is 1.64. The van der Waals surface area contributed by atoms with Gasteiger partial charge in [-0.15, -0.1) is 11.3 Å². The first-order chi connectivity index (χ1) is 10.4. The van der Waals surface area contributed by atoms with Gasteiger partial charge >= 0.3 is 0 Å². The summed E-state index contributed by atoms with van der Waals surface area (Å²) < 4.78 is 5.45. The van der Waals surface area contributed by atoms with Gasteiger partial charge in [-0.2, -0.15) is 4.98 Å². The van der Waals surface area contributed by atoms with E-state index in [4.69, 9.17) is 4.52 Å². The molecule has 0 amide bonds. The molecule has 1 aliphatic rings. The van der Waals surface area contributed by atoms with Crippen LogP contribution < -0.4 is 5.32 Å². The average molecular weight is 297 g/mol. The predicted molar refractivity (Wildman–Crippen MR) is 81.1 cm³/mol. The first-order valence-electron chi connectivity index (χ1n) is 7.03. The number of fused-ring (bicyclic) bond motifs is 1. The Kier molecular flexibility index (Phi) is 3.29. The molecule has 1 N–H and O–H groups in total. The van der Waals surface area contributed by atoms with Crippen LogP contribution in [0.1, 0.15) is 33.8 Å². The highest BCUT2D eigenvalue weighted by Gasteiger charge is 2.24. The van der Waals surface area contributed by atoms with E-state index < -0.39 is 0 Å². The van der Waals surface area contributed by atoms with E-state index in [2.05, 4.69) is 51.2 Å². The first kappa shape index (κ1) is 12.7. The molecule has 0 fully saturated rings. The SMILES string of the molecule is c1csc(Cc2noc([C@@H]3Cc4ccccc4CN3)n2)c1. The van der Waals surface area contributed by atoms with Crippen molar-refractivity contribution in [3.8, 4) is 0 Å². The Labute approximate surface area is 126 Å². The maximum atomic E-state index is 5.45. The van der Waals surface area contributed by atoms with Gasteiger partial charge in [0.05, 0.1) is 6.04 Å². The van der Waals surface area contributed by atoms with Crippen molar-refractivity contribution in [2.75, 3.05) is 0 Å². The summed E-state index contributed by atoms with van der Waals surface area (Å²) in [6.45, 7) is 0.851. The minimum Gasteiger partial charge on any atom is -0.338 e. The standard InChI is InChI=1S/C16H15N3OS/c1-2-5-12-10-17-14(8-11(12)4-1)16-18-15(19-20-16)9-13-6-3-7-21-13/h1-7,14,17H,8-10H2/t14-/m0/s1. The number of nitrogens with zero attached hydrogens (tertiary/aromatic N) is 2. The lowest BCUT2D eigenvalue weighted by Gasteiger charge is -2.23. The molecular weight excluding hydrogens is 282 g/mol. The molecule has 3 aromatic rings. The van der Waals surface area contributed by atoms with Crippen LogP contribution in [0.5, 0.6) is 0 Å². The van der Waals surface area contributed by atoms with E-state index in [9.17, 15) is 0 Å². The van der Waals surface area contributed by atoms with Crippen LogP contribution >= 0.6 is 11.3 Å². The molecule has 2 aromatic heterocycles. The van der Waals surface area contributed by atoms with Gasteiger partial charge in [0.25, 0.3) is 0 Å². The highest BCUT2D eigenvalue weighted by Crippen LogP contribution is 2.25. The highest BCUT2D eigenvalue weighted by molar-refractivity contribution is 7.09. The van der Waals surface area contributed by atoms with Crippen LogP contribution in [0.2, 0.25) is 0 Å². The Morgan fingerprint density at radius 2 is 2.10 bits per heavy atom. The summed E-state index contributed by atoms with van der Waals surface area (Å²) in [6, 6.07) is 12.7. The zero-order chi connectivity index (χ0) is 14.1. The minimum atomic E-state index is 0.115. The number of thiophene rings is 1. The van der Waals surface area contributed by atoms with Crippen molar-refractivity contribution in [3.63, 3.8) is 0 Å². The largest absolute Gasteiger partial charge is 0.338 e. The molecule has 0 unspecified atom stereocenters. The third-order valence-corrected chi connectivity index (χ3v) is 4.65. The third kappa shape index (κ3) is 2.62. The Balaban J connectivity index is 1.51. The Morgan fingerprint density at radius 1 is 1.19 bits per heavy atom. The molecule has 21 heavy (non-hydrogen) atoms. The molecule has 0 radical (unpaired) electrons. The smallest absolute Gasteiger partial charge is 0.244 e. The van der Waals surface area contributed by atoms with Gasteiger partial charge in [0.15, 0.2) is 5.82 Å². The average Bonchev–Trinajstić information content (AvgIpc) is 3.19. The molecule has 4 rings (SSSR count). The summed E-state index contributed by atoms with van der Waals surface area (Å²) in [4.78, 5) is 5.80. The zero-order valence-corrected chi connectivity index (χ0v) is 12.3. The van der Waals surface area contributed by atoms with Gasteiger partial charge < -0.3 is 9.84 Å². The molecule has 0 bridgehead atoms. The second kappa shape index (κ2) is 5.42. The van der Waals surface area contributed by atoms with E-state index in [0.717, 1.165) is 25.2 Å². The fourth-order valence-corrected chi connectivity index (χ4v) is 3.38. The van der Waals surface area contributed by atoms with Crippen molar-refractivity contribution in [3.05, 3.63) is 69.5 Å². The third-order valence-electron chi connectivity index (χ3n) is 3.78. The fraction of sp³-hybridized carbons (Fsp3) is 0.250. The number of aromatic nitrogens is 2. The molecule has 0 saturated carbocycles. The lowest BCUT2D eigenvalue weighted by atomic mass is 9.96. The summed E-state index contributed by atoms with van der Waals surface area (Å²) in [5.74, 6) is 1.45. The Morgan fingerprint density at radius 3 is 2.95 bits per heavy atom. The van der Waals surface area contributed by atoms with Gasteiger partial charge in [-0.1, -0.05) is 35.5 Å². The lowest BCUT2D eigenvalue weighted by molar-refractivity contribution is 0.319. The topological polar surface area (TPSA) is 51.0 Å². The van der Waals surface area contributed by atoms with Crippen LogP contribution in [-0.4, -0.2) is 10.1 Å². The molecule has 1 aliphatic heterocycles. The molecular formula is C16H15N3OS. The van der Waals surface area contributed by atoms with E-state index in [1.807, 2.05) is 6.07 Å². The van der Waals surface area contributed by atoms with Crippen LogP contribution in [0.3, 0.4) is 0 Å². The molecule has 3 heterocycles. The maximum absolute atomic E-state index is 5.45. The molecule has 5 heteroatoms. The van der Waals surface area contributed by atoms with Crippen LogP contribution in [0.15, 0.2) is 46.3 Å².